The summed E-state index contributed by atoms with van der Waals surface area (Å²) < 4.78 is 51.0. The Morgan fingerprint density at radius 2 is 1.82 bits per heavy atom. The van der Waals surface area contributed by atoms with Crippen molar-refractivity contribution in [1.29, 1.82) is 0 Å². The van der Waals surface area contributed by atoms with Crippen LogP contribution in [0.4, 0.5) is 18.9 Å². The van der Waals surface area contributed by atoms with Gasteiger partial charge in [-0.2, -0.15) is 0 Å². The second-order valence-corrected chi connectivity index (χ2v) is 6.86. The summed E-state index contributed by atoms with van der Waals surface area (Å²) in [7, 11) is 0. The van der Waals surface area contributed by atoms with E-state index in [2.05, 4.69) is 5.32 Å². The second kappa shape index (κ2) is 10.0. The molecule has 2 aromatic carbocycles. The first-order valence-electron chi connectivity index (χ1n) is 9.66. The lowest BCUT2D eigenvalue weighted by molar-refractivity contribution is -0.155. The fourth-order valence-corrected chi connectivity index (χ4v) is 2.87. The van der Waals surface area contributed by atoms with Crippen molar-refractivity contribution < 1.29 is 36.7 Å². The van der Waals surface area contributed by atoms with Gasteiger partial charge in [0.05, 0.1) is 24.2 Å². The number of carbonyl (C=O) groups is 3. The molecule has 0 saturated heterocycles. The van der Waals surface area contributed by atoms with Gasteiger partial charge >= 0.3 is 11.7 Å². The van der Waals surface area contributed by atoms with Crippen LogP contribution in [0, 0.1) is 17.5 Å². The van der Waals surface area contributed by atoms with Gasteiger partial charge in [0.2, 0.25) is 5.91 Å². The van der Waals surface area contributed by atoms with Gasteiger partial charge in [0, 0.05) is 6.54 Å². The van der Waals surface area contributed by atoms with Crippen LogP contribution in [0.25, 0.3) is 11.1 Å². The topological polar surface area (TPSA) is 120 Å². The Bertz CT molecular complexity index is 1270. The van der Waals surface area contributed by atoms with Crippen molar-refractivity contribution in [3.05, 3.63) is 64.4 Å². The maximum absolute atomic E-state index is 13.6. The van der Waals surface area contributed by atoms with Gasteiger partial charge in [0.1, 0.15) is 0 Å². The Kier molecular flexibility index (Phi) is 7.16. The number of aromatic nitrogens is 1. The van der Waals surface area contributed by atoms with E-state index in [1.807, 2.05) is 5.32 Å². The van der Waals surface area contributed by atoms with E-state index in [0.717, 1.165) is 6.07 Å². The van der Waals surface area contributed by atoms with E-state index in [9.17, 15) is 32.3 Å². The highest BCUT2D eigenvalue weighted by molar-refractivity contribution is 5.95. The first kappa shape index (κ1) is 23.6. The van der Waals surface area contributed by atoms with E-state index in [4.69, 9.17) is 9.15 Å². The Labute approximate surface area is 184 Å². The molecule has 33 heavy (non-hydrogen) atoms. The molecule has 0 fully saturated rings. The Morgan fingerprint density at radius 3 is 2.58 bits per heavy atom. The highest BCUT2D eigenvalue weighted by Crippen LogP contribution is 2.19. The fraction of sp³-hybridized carbons (Fsp3) is 0.238. The number of esters is 1. The number of oxazole rings is 1. The summed E-state index contributed by atoms with van der Waals surface area (Å²) in [4.78, 5) is 47.8. The van der Waals surface area contributed by atoms with Crippen molar-refractivity contribution >= 4 is 34.6 Å². The van der Waals surface area contributed by atoms with Crippen molar-refractivity contribution in [2.24, 2.45) is 0 Å². The van der Waals surface area contributed by atoms with Crippen LogP contribution in [-0.2, 0) is 25.7 Å². The molecule has 0 radical (unpaired) electrons. The first-order valence-corrected chi connectivity index (χ1v) is 9.66. The number of nitrogens with zero attached hydrogens (tertiary/aromatic N) is 1. The van der Waals surface area contributed by atoms with Gasteiger partial charge in [-0.3, -0.25) is 19.0 Å². The Balaban J connectivity index is 1.46. The van der Waals surface area contributed by atoms with Gasteiger partial charge in [0.25, 0.3) is 5.91 Å². The number of ether oxygens (including phenoxy) is 1. The summed E-state index contributed by atoms with van der Waals surface area (Å²) in [6.07, 6.45) is -1.50. The molecule has 0 aliphatic heterocycles. The number of nitrogens with one attached hydrogen (secondary N) is 2. The van der Waals surface area contributed by atoms with Gasteiger partial charge in [0.15, 0.2) is 29.1 Å². The highest BCUT2D eigenvalue weighted by atomic mass is 19.2. The molecule has 174 valence electrons. The zero-order valence-electron chi connectivity index (χ0n) is 17.2. The summed E-state index contributed by atoms with van der Waals surface area (Å²) in [6, 6.07) is 8.11. The summed E-state index contributed by atoms with van der Waals surface area (Å²) in [5.41, 5.74) is 0.268. The molecule has 0 spiro atoms. The van der Waals surface area contributed by atoms with Gasteiger partial charge < -0.3 is 19.8 Å². The maximum Gasteiger partial charge on any atom is 0.419 e. The number of para-hydroxylation sites is 2. The largest absolute Gasteiger partial charge is 0.452 e. The number of amides is 2. The molecular weight excluding hydrogens is 447 g/mol. The van der Waals surface area contributed by atoms with Gasteiger partial charge in [-0.05, 0) is 31.2 Å². The number of anilines is 1. The van der Waals surface area contributed by atoms with E-state index in [1.165, 1.54) is 11.5 Å². The molecule has 2 amide bonds. The second-order valence-electron chi connectivity index (χ2n) is 6.86. The van der Waals surface area contributed by atoms with Crippen LogP contribution in [0.15, 0.2) is 45.6 Å². The van der Waals surface area contributed by atoms with Crippen molar-refractivity contribution in [1.82, 2.24) is 9.88 Å². The average molecular weight is 465 g/mol. The van der Waals surface area contributed by atoms with E-state index in [-0.39, 0.29) is 13.0 Å². The summed E-state index contributed by atoms with van der Waals surface area (Å²) in [5.74, 6) is -7.90. The molecule has 12 heteroatoms. The molecule has 1 aromatic heterocycles. The number of halogens is 3. The average Bonchev–Trinajstić information content (AvgIpc) is 3.11. The zero-order valence-corrected chi connectivity index (χ0v) is 17.2. The minimum absolute atomic E-state index is 0.0365. The number of hydrogen-bond donors (Lipinski definition) is 2. The molecule has 0 saturated carbocycles. The number of benzene rings is 2. The molecule has 9 nitrogen and oxygen atoms in total. The van der Waals surface area contributed by atoms with Crippen LogP contribution in [0.3, 0.4) is 0 Å². The molecule has 1 heterocycles. The van der Waals surface area contributed by atoms with Crippen LogP contribution in [-0.4, -0.2) is 35.0 Å². The van der Waals surface area contributed by atoms with Gasteiger partial charge in [-0.15, -0.1) is 0 Å². The number of fused-ring (bicyclic) bond motifs is 1. The van der Waals surface area contributed by atoms with Crippen molar-refractivity contribution in [2.45, 2.75) is 26.0 Å². The number of carbonyl (C=O) groups excluding carboxylic acids is 3. The fourth-order valence-electron chi connectivity index (χ4n) is 2.87. The standard InChI is InChI=1S/C21H18F3N3O6/c1-11(20(30)25-10-16(28)26-13-7-6-12(22)18(23)19(13)24)32-17(29)8-9-27-14-4-2-3-5-15(14)33-21(27)31/h2-7,11H,8-10H2,1H3,(H,25,30)(H,26,28). The Morgan fingerprint density at radius 1 is 1.09 bits per heavy atom. The molecular formula is C21H18F3N3O6. The molecule has 1 atom stereocenters. The lowest BCUT2D eigenvalue weighted by atomic mass is 10.2. The van der Waals surface area contributed by atoms with Gasteiger partial charge in [-0.1, -0.05) is 12.1 Å². The van der Waals surface area contributed by atoms with E-state index >= 15 is 0 Å². The van der Waals surface area contributed by atoms with Crippen LogP contribution in [0.1, 0.15) is 13.3 Å². The lowest BCUT2D eigenvalue weighted by Gasteiger charge is -2.14. The molecule has 2 N–H and O–H groups in total. The normalized spacial score (nSPS) is 11.8. The van der Waals surface area contributed by atoms with E-state index in [1.54, 1.807) is 24.3 Å². The SMILES string of the molecule is CC(OC(=O)CCn1c(=O)oc2ccccc21)C(=O)NCC(=O)Nc1ccc(F)c(F)c1F. The quantitative estimate of drug-likeness (QED) is 0.388. The third kappa shape index (κ3) is 5.59. The van der Waals surface area contributed by atoms with Crippen molar-refractivity contribution in [3.8, 4) is 0 Å². The van der Waals surface area contributed by atoms with E-state index < -0.39 is 59.3 Å². The highest BCUT2D eigenvalue weighted by Gasteiger charge is 2.20. The zero-order chi connectivity index (χ0) is 24.1. The number of aryl methyl sites for hydroxylation is 1. The minimum Gasteiger partial charge on any atom is -0.452 e. The third-order valence-corrected chi connectivity index (χ3v) is 4.52. The molecule has 0 bridgehead atoms. The van der Waals surface area contributed by atoms with Crippen molar-refractivity contribution in [2.75, 3.05) is 11.9 Å². The molecule has 0 aliphatic carbocycles. The first-order chi connectivity index (χ1) is 15.7. The number of rotatable bonds is 8. The predicted molar refractivity (Wildman–Crippen MR) is 109 cm³/mol. The maximum atomic E-state index is 13.6. The smallest absolute Gasteiger partial charge is 0.419 e. The minimum atomic E-state index is -1.75. The molecule has 0 aliphatic rings. The molecule has 1 unspecified atom stereocenters. The lowest BCUT2D eigenvalue weighted by Crippen LogP contribution is -2.40. The monoisotopic (exact) mass is 465 g/mol. The summed E-state index contributed by atoms with van der Waals surface area (Å²) in [6.45, 7) is 0.584. The predicted octanol–water partition coefficient (Wildman–Crippen LogP) is 2.09. The van der Waals surface area contributed by atoms with Crippen LogP contribution in [0.5, 0.6) is 0 Å². The van der Waals surface area contributed by atoms with Gasteiger partial charge in [-0.25, -0.2) is 18.0 Å². The molecule has 3 aromatic rings. The van der Waals surface area contributed by atoms with Crippen molar-refractivity contribution in [3.63, 3.8) is 0 Å². The Hall–Kier alpha value is -4.09. The summed E-state index contributed by atoms with van der Waals surface area (Å²) in [5, 5.41) is 4.15. The third-order valence-electron chi connectivity index (χ3n) is 4.52. The van der Waals surface area contributed by atoms with Crippen LogP contribution in [0.2, 0.25) is 0 Å². The number of hydrogen-bond acceptors (Lipinski definition) is 6. The van der Waals surface area contributed by atoms with E-state index in [0.29, 0.717) is 17.2 Å². The summed E-state index contributed by atoms with van der Waals surface area (Å²) >= 11 is 0. The van der Waals surface area contributed by atoms with Crippen LogP contribution >= 0.6 is 0 Å². The molecule has 3 rings (SSSR count). The van der Waals surface area contributed by atoms with Crippen LogP contribution < -0.4 is 16.4 Å².